The number of nitrogens with zero attached hydrogens (tertiary/aromatic N) is 1. The molecule has 32 heavy (non-hydrogen) atoms. The molecule has 1 aromatic carbocycles. The first-order valence-corrected chi connectivity index (χ1v) is 11.5. The number of H-pyrrole nitrogens is 1. The zero-order chi connectivity index (χ0) is 23.3. The molecule has 9 heteroatoms. The van der Waals surface area contributed by atoms with Gasteiger partial charge < -0.3 is 19.2 Å². The highest BCUT2D eigenvalue weighted by molar-refractivity contribution is 7.20. The number of nitrogens with one attached hydrogen (secondary N) is 1. The van der Waals surface area contributed by atoms with Crippen molar-refractivity contribution in [2.75, 3.05) is 20.3 Å². The third kappa shape index (κ3) is 5.14. The summed E-state index contributed by atoms with van der Waals surface area (Å²) in [5.74, 6) is 0.987. The summed E-state index contributed by atoms with van der Waals surface area (Å²) >= 11 is 7.61. The Morgan fingerprint density at radius 2 is 2.06 bits per heavy atom. The Labute approximate surface area is 195 Å². The molecule has 7 nitrogen and oxygen atoms in total. The molecule has 0 saturated carbocycles. The summed E-state index contributed by atoms with van der Waals surface area (Å²) in [5, 5.41) is 0.611. The van der Waals surface area contributed by atoms with Crippen LogP contribution in [0.3, 0.4) is 0 Å². The smallest absolute Gasteiger partial charge is 0.348 e. The van der Waals surface area contributed by atoms with E-state index in [1.807, 2.05) is 12.1 Å². The first kappa shape index (κ1) is 23.8. The largest absolute Gasteiger partial charge is 0.493 e. The van der Waals surface area contributed by atoms with E-state index in [-0.39, 0.29) is 23.0 Å². The lowest BCUT2D eigenvalue weighted by atomic mass is 10.2. The number of esters is 1. The molecule has 0 amide bonds. The summed E-state index contributed by atoms with van der Waals surface area (Å²) < 4.78 is 16.3. The van der Waals surface area contributed by atoms with Crippen molar-refractivity contribution in [3.63, 3.8) is 0 Å². The predicted octanol–water partition coefficient (Wildman–Crippen LogP) is 5.39. The SMILES string of the molecule is CCCCOc1cc(/C=C(\Cl)c2nc3sc(C(=O)OCC)c(C)c3c(=O)[nH]2)ccc1OC. The molecule has 170 valence electrons. The van der Waals surface area contributed by atoms with Crippen LogP contribution in [0.5, 0.6) is 11.5 Å². The Morgan fingerprint density at radius 1 is 1.28 bits per heavy atom. The molecule has 0 aliphatic heterocycles. The molecular weight excluding hydrogens is 452 g/mol. The van der Waals surface area contributed by atoms with Crippen molar-refractivity contribution in [1.82, 2.24) is 9.97 Å². The number of benzene rings is 1. The minimum absolute atomic E-state index is 0.213. The van der Waals surface area contributed by atoms with Crippen LogP contribution in [-0.2, 0) is 4.74 Å². The molecule has 3 rings (SSSR count). The van der Waals surface area contributed by atoms with Crippen molar-refractivity contribution in [1.29, 1.82) is 0 Å². The van der Waals surface area contributed by atoms with Crippen LogP contribution in [0.1, 0.15) is 53.3 Å². The number of halogens is 1. The van der Waals surface area contributed by atoms with Gasteiger partial charge in [-0.25, -0.2) is 9.78 Å². The third-order valence-corrected chi connectivity index (χ3v) is 6.18. The summed E-state index contributed by atoms with van der Waals surface area (Å²) in [6, 6.07) is 5.45. The van der Waals surface area contributed by atoms with E-state index in [1.54, 1.807) is 33.1 Å². The lowest BCUT2D eigenvalue weighted by molar-refractivity contribution is 0.0531. The second-order valence-corrected chi connectivity index (χ2v) is 8.38. The number of hydrogen-bond acceptors (Lipinski definition) is 7. The summed E-state index contributed by atoms with van der Waals surface area (Å²) in [6.07, 6.45) is 3.64. The first-order valence-electron chi connectivity index (χ1n) is 10.3. The number of fused-ring (bicyclic) bond motifs is 1. The number of aromatic amines is 1. The Kier molecular flexibility index (Phi) is 7.93. The fourth-order valence-electron chi connectivity index (χ4n) is 3.09. The maximum Gasteiger partial charge on any atom is 0.348 e. The van der Waals surface area contributed by atoms with Crippen LogP contribution in [-0.4, -0.2) is 36.3 Å². The highest BCUT2D eigenvalue weighted by atomic mass is 35.5. The molecule has 0 bridgehead atoms. The van der Waals surface area contributed by atoms with Gasteiger partial charge in [0.15, 0.2) is 17.3 Å². The number of aryl methyl sites for hydroxylation is 1. The number of thiophene rings is 1. The minimum Gasteiger partial charge on any atom is -0.493 e. The van der Waals surface area contributed by atoms with Crippen molar-refractivity contribution in [2.45, 2.75) is 33.6 Å². The molecule has 0 aliphatic rings. The van der Waals surface area contributed by atoms with Crippen LogP contribution in [0, 0.1) is 6.92 Å². The molecule has 0 radical (unpaired) electrons. The molecule has 0 saturated heterocycles. The van der Waals surface area contributed by atoms with E-state index in [1.165, 1.54) is 0 Å². The van der Waals surface area contributed by atoms with Crippen LogP contribution < -0.4 is 15.0 Å². The average molecular weight is 477 g/mol. The highest BCUT2D eigenvalue weighted by Crippen LogP contribution is 2.32. The molecule has 3 aromatic rings. The zero-order valence-electron chi connectivity index (χ0n) is 18.4. The van der Waals surface area contributed by atoms with Gasteiger partial charge in [0.1, 0.15) is 9.71 Å². The number of unbranched alkanes of at least 4 members (excludes halogenated alkanes) is 1. The standard InChI is InChI=1S/C23H25ClN2O5S/c1-5-7-10-31-17-12-14(8-9-16(17)29-4)11-15(24)20-25-21(27)18-13(3)19(23(28)30-6-2)32-22(18)26-20/h8-9,11-12H,5-7,10H2,1-4H3,(H,25,26,27)/b15-11-. The van der Waals surface area contributed by atoms with Crippen molar-refractivity contribution >= 4 is 50.2 Å². The van der Waals surface area contributed by atoms with E-state index in [9.17, 15) is 9.59 Å². The van der Waals surface area contributed by atoms with Gasteiger partial charge in [-0.15, -0.1) is 11.3 Å². The number of ether oxygens (including phenoxy) is 3. The van der Waals surface area contributed by atoms with Gasteiger partial charge in [0.2, 0.25) is 0 Å². The fraction of sp³-hybridized carbons (Fsp3) is 0.348. The molecular formula is C23H25ClN2O5S. The van der Waals surface area contributed by atoms with Crippen LogP contribution in [0.25, 0.3) is 21.3 Å². The molecule has 0 fully saturated rings. The van der Waals surface area contributed by atoms with Crippen molar-refractivity contribution in [2.24, 2.45) is 0 Å². The predicted molar refractivity (Wildman–Crippen MR) is 128 cm³/mol. The number of carbonyl (C=O) groups excluding carboxylic acids is 1. The highest BCUT2D eigenvalue weighted by Gasteiger charge is 2.20. The molecule has 0 unspecified atom stereocenters. The van der Waals surface area contributed by atoms with Gasteiger partial charge >= 0.3 is 5.97 Å². The van der Waals surface area contributed by atoms with Crippen LogP contribution in [0.15, 0.2) is 23.0 Å². The number of rotatable bonds is 9. The van der Waals surface area contributed by atoms with E-state index in [0.717, 1.165) is 29.7 Å². The molecule has 2 heterocycles. The Balaban J connectivity index is 1.97. The van der Waals surface area contributed by atoms with Crippen molar-refractivity contribution in [3.05, 3.63) is 50.4 Å². The van der Waals surface area contributed by atoms with Crippen molar-refractivity contribution < 1.29 is 19.0 Å². The van der Waals surface area contributed by atoms with Gasteiger partial charge in [0, 0.05) is 0 Å². The van der Waals surface area contributed by atoms with Crippen LogP contribution in [0.2, 0.25) is 0 Å². The number of carbonyl (C=O) groups is 1. The second-order valence-electron chi connectivity index (χ2n) is 6.98. The van der Waals surface area contributed by atoms with Crippen LogP contribution >= 0.6 is 22.9 Å². The van der Waals surface area contributed by atoms with E-state index in [2.05, 4.69) is 16.9 Å². The first-order chi connectivity index (χ1) is 15.4. The lowest BCUT2D eigenvalue weighted by Gasteiger charge is -2.11. The van der Waals surface area contributed by atoms with Crippen LogP contribution in [0.4, 0.5) is 0 Å². The summed E-state index contributed by atoms with van der Waals surface area (Å²) in [5.41, 5.74) is 0.951. The van der Waals surface area contributed by atoms with Crippen molar-refractivity contribution in [3.8, 4) is 11.5 Å². The van der Waals surface area contributed by atoms with Gasteiger partial charge in [-0.3, -0.25) is 4.79 Å². The molecule has 0 spiro atoms. The average Bonchev–Trinajstić information content (AvgIpc) is 3.11. The van der Waals surface area contributed by atoms with Gasteiger partial charge in [0.25, 0.3) is 5.56 Å². The summed E-state index contributed by atoms with van der Waals surface area (Å²) in [6.45, 7) is 6.36. The monoisotopic (exact) mass is 476 g/mol. The fourth-order valence-corrected chi connectivity index (χ4v) is 4.38. The van der Waals surface area contributed by atoms with Gasteiger partial charge in [-0.1, -0.05) is 31.0 Å². The summed E-state index contributed by atoms with van der Waals surface area (Å²) in [4.78, 5) is 32.8. The van der Waals surface area contributed by atoms with E-state index in [4.69, 9.17) is 25.8 Å². The van der Waals surface area contributed by atoms with Gasteiger partial charge in [-0.05, 0) is 49.6 Å². The van der Waals surface area contributed by atoms with Gasteiger partial charge in [0.05, 0.1) is 30.7 Å². The Bertz CT molecular complexity index is 1220. The number of aromatic nitrogens is 2. The van der Waals surface area contributed by atoms with E-state index < -0.39 is 5.97 Å². The quantitative estimate of drug-likeness (QED) is 0.328. The number of methoxy groups -OCH3 is 1. The Hall–Kier alpha value is -2.84. The minimum atomic E-state index is -0.468. The molecule has 0 atom stereocenters. The third-order valence-electron chi connectivity index (χ3n) is 4.72. The molecule has 1 N–H and O–H groups in total. The van der Waals surface area contributed by atoms with E-state index >= 15 is 0 Å². The van der Waals surface area contributed by atoms with E-state index in [0.29, 0.717) is 38.8 Å². The second kappa shape index (κ2) is 10.7. The number of hydrogen-bond donors (Lipinski definition) is 1. The topological polar surface area (TPSA) is 90.5 Å². The Morgan fingerprint density at radius 3 is 2.75 bits per heavy atom. The molecule has 2 aromatic heterocycles. The zero-order valence-corrected chi connectivity index (χ0v) is 20.0. The lowest BCUT2D eigenvalue weighted by Crippen LogP contribution is -2.11. The normalized spacial score (nSPS) is 11.6. The molecule has 0 aliphatic carbocycles. The van der Waals surface area contributed by atoms with Gasteiger partial charge in [-0.2, -0.15) is 0 Å². The maximum absolute atomic E-state index is 12.7. The summed E-state index contributed by atoms with van der Waals surface area (Å²) in [7, 11) is 1.59. The maximum atomic E-state index is 12.7.